The van der Waals surface area contributed by atoms with Gasteiger partial charge in [0.1, 0.15) is 5.82 Å². The lowest BCUT2D eigenvalue weighted by Crippen LogP contribution is -2.13. The molecule has 1 N–H and O–H groups in total. The van der Waals surface area contributed by atoms with Crippen LogP contribution in [0.15, 0.2) is 47.4 Å². The van der Waals surface area contributed by atoms with Gasteiger partial charge in [-0.15, -0.1) is 11.8 Å². The molecule has 0 aliphatic rings. The van der Waals surface area contributed by atoms with E-state index < -0.39 is 5.82 Å². The van der Waals surface area contributed by atoms with Gasteiger partial charge in [0.25, 0.3) is 5.91 Å². The van der Waals surface area contributed by atoms with Crippen molar-refractivity contribution in [2.75, 3.05) is 11.6 Å². The second-order valence-corrected chi connectivity index (χ2v) is 5.03. The highest BCUT2D eigenvalue weighted by molar-refractivity contribution is 7.98. The van der Waals surface area contributed by atoms with Crippen LogP contribution in [0, 0.1) is 5.82 Å². The Kier molecular flexibility index (Phi) is 4.45. The van der Waals surface area contributed by atoms with Gasteiger partial charge >= 0.3 is 0 Å². The molecule has 0 aromatic heterocycles. The summed E-state index contributed by atoms with van der Waals surface area (Å²) in [7, 11) is 0. The Morgan fingerprint density at radius 2 is 2.00 bits per heavy atom. The van der Waals surface area contributed by atoms with Crippen molar-refractivity contribution in [1.29, 1.82) is 0 Å². The van der Waals surface area contributed by atoms with Gasteiger partial charge in [0.15, 0.2) is 0 Å². The average Bonchev–Trinajstić information content (AvgIpc) is 2.39. The van der Waals surface area contributed by atoms with Crippen LogP contribution in [0.25, 0.3) is 0 Å². The quantitative estimate of drug-likeness (QED) is 0.847. The standard InChI is InChI=1S/C14H11ClFNOS/c1-19-13-5-3-2-4-12(13)17-14(18)10-7-6-9(16)8-11(10)15/h2-8H,1H3,(H,17,18). The fourth-order valence-electron chi connectivity index (χ4n) is 1.61. The van der Waals surface area contributed by atoms with Gasteiger partial charge in [-0.2, -0.15) is 0 Å². The van der Waals surface area contributed by atoms with Crippen LogP contribution in [-0.4, -0.2) is 12.2 Å². The third-order valence-corrected chi connectivity index (χ3v) is 3.64. The third-order valence-electron chi connectivity index (χ3n) is 2.53. The van der Waals surface area contributed by atoms with Crippen LogP contribution in [0.2, 0.25) is 5.02 Å². The molecule has 2 aromatic rings. The minimum atomic E-state index is -0.467. The minimum absolute atomic E-state index is 0.0964. The molecule has 1 amide bonds. The van der Waals surface area contributed by atoms with Gasteiger partial charge in [-0.25, -0.2) is 4.39 Å². The zero-order chi connectivity index (χ0) is 13.8. The summed E-state index contributed by atoms with van der Waals surface area (Å²) in [5, 5.41) is 2.87. The van der Waals surface area contributed by atoms with E-state index >= 15 is 0 Å². The van der Waals surface area contributed by atoms with Crippen molar-refractivity contribution in [2.24, 2.45) is 0 Å². The van der Waals surface area contributed by atoms with E-state index in [1.165, 1.54) is 23.9 Å². The van der Waals surface area contributed by atoms with Gasteiger partial charge in [0, 0.05) is 4.90 Å². The smallest absolute Gasteiger partial charge is 0.257 e. The van der Waals surface area contributed by atoms with Gasteiger partial charge in [-0.05, 0) is 36.6 Å². The number of para-hydroxylation sites is 1. The highest BCUT2D eigenvalue weighted by atomic mass is 35.5. The molecule has 0 bridgehead atoms. The summed E-state index contributed by atoms with van der Waals surface area (Å²) in [5.74, 6) is -0.822. The van der Waals surface area contributed by atoms with E-state index in [9.17, 15) is 9.18 Å². The number of anilines is 1. The summed E-state index contributed by atoms with van der Waals surface area (Å²) in [4.78, 5) is 13.0. The zero-order valence-corrected chi connectivity index (χ0v) is 11.7. The molecule has 0 atom stereocenters. The predicted molar refractivity (Wildman–Crippen MR) is 77.6 cm³/mol. The number of hydrogen-bond donors (Lipinski definition) is 1. The molecule has 0 heterocycles. The zero-order valence-electron chi connectivity index (χ0n) is 10.1. The summed E-state index contributed by atoms with van der Waals surface area (Å²) >= 11 is 7.39. The third kappa shape index (κ3) is 3.28. The van der Waals surface area contributed by atoms with Gasteiger partial charge in [-0.1, -0.05) is 23.7 Å². The maximum atomic E-state index is 12.9. The van der Waals surface area contributed by atoms with Crippen LogP contribution in [-0.2, 0) is 0 Å². The summed E-state index contributed by atoms with van der Waals surface area (Å²) in [5.41, 5.74) is 0.958. The van der Waals surface area contributed by atoms with E-state index in [1.54, 1.807) is 6.07 Å². The number of nitrogens with one attached hydrogen (secondary N) is 1. The molecule has 0 saturated heterocycles. The maximum Gasteiger partial charge on any atom is 0.257 e. The van der Waals surface area contributed by atoms with Crippen molar-refractivity contribution in [1.82, 2.24) is 0 Å². The van der Waals surface area contributed by atoms with E-state index in [4.69, 9.17) is 11.6 Å². The van der Waals surface area contributed by atoms with Crippen LogP contribution in [0.5, 0.6) is 0 Å². The SMILES string of the molecule is CSc1ccccc1NC(=O)c1ccc(F)cc1Cl. The largest absolute Gasteiger partial charge is 0.321 e. The molecule has 0 fully saturated rings. The summed E-state index contributed by atoms with van der Waals surface area (Å²) in [6, 6.07) is 11.1. The molecule has 5 heteroatoms. The lowest BCUT2D eigenvalue weighted by atomic mass is 10.2. The fourth-order valence-corrected chi connectivity index (χ4v) is 2.42. The van der Waals surface area contributed by atoms with Crippen LogP contribution in [0.1, 0.15) is 10.4 Å². The predicted octanol–water partition coefficient (Wildman–Crippen LogP) is 4.45. The number of carbonyl (C=O) groups is 1. The lowest BCUT2D eigenvalue weighted by Gasteiger charge is -2.10. The molecule has 2 rings (SSSR count). The molecular weight excluding hydrogens is 285 g/mol. The first-order valence-electron chi connectivity index (χ1n) is 5.51. The lowest BCUT2D eigenvalue weighted by molar-refractivity contribution is 0.102. The molecule has 0 spiro atoms. The van der Waals surface area contributed by atoms with E-state index in [1.807, 2.05) is 24.5 Å². The van der Waals surface area contributed by atoms with Gasteiger partial charge in [-0.3, -0.25) is 4.79 Å². The molecule has 19 heavy (non-hydrogen) atoms. The average molecular weight is 296 g/mol. The van der Waals surface area contributed by atoms with Gasteiger partial charge < -0.3 is 5.32 Å². The summed E-state index contributed by atoms with van der Waals surface area (Å²) < 4.78 is 12.9. The fraction of sp³-hybridized carbons (Fsp3) is 0.0714. The molecule has 0 saturated carbocycles. The first-order chi connectivity index (χ1) is 9.11. The van der Waals surface area contributed by atoms with Gasteiger partial charge in [0.2, 0.25) is 0 Å². The number of halogens is 2. The molecule has 2 aromatic carbocycles. The molecule has 98 valence electrons. The number of thioether (sulfide) groups is 1. The van der Waals surface area contributed by atoms with Crippen LogP contribution in [0.3, 0.4) is 0 Å². The van der Waals surface area contributed by atoms with E-state index in [0.29, 0.717) is 5.69 Å². The second kappa shape index (κ2) is 6.08. The Bertz CT molecular complexity index is 618. The van der Waals surface area contributed by atoms with Crippen LogP contribution < -0.4 is 5.32 Å². The number of carbonyl (C=O) groups excluding carboxylic acids is 1. The number of amides is 1. The Labute approximate surface area is 120 Å². The number of rotatable bonds is 3. The Hall–Kier alpha value is -1.52. The number of benzene rings is 2. The Balaban J connectivity index is 2.26. The molecule has 0 aliphatic heterocycles. The van der Waals surface area contributed by atoms with Gasteiger partial charge in [0.05, 0.1) is 16.3 Å². The van der Waals surface area contributed by atoms with Crippen molar-refractivity contribution < 1.29 is 9.18 Å². The topological polar surface area (TPSA) is 29.1 Å². The summed E-state index contributed by atoms with van der Waals surface area (Å²) in [6.07, 6.45) is 1.93. The van der Waals surface area contributed by atoms with E-state index in [-0.39, 0.29) is 16.5 Å². The molecular formula is C14H11ClFNOS. The van der Waals surface area contributed by atoms with Crippen molar-refractivity contribution in [3.8, 4) is 0 Å². The second-order valence-electron chi connectivity index (χ2n) is 3.78. The highest BCUT2D eigenvalue weighted by Crippen LogP contribution is 2.26. The monoisotopic (exact) mass is 295 g/mol. The number of hydrogen-bond acceptors (Lipinski definition) is 2. The van der Waals surface area contributed by atoms with Crippen molar-refractivity contribution >= 4 is 35.0 Å². The first-order valence-corrected chi connectivity index (χ1v) is 7.11. The molecule has 0 radical (unpaired) electrons. The summed E-state index contributed by atoms with van der Waals surface area (Å²) in [6.45, 7) is 0. The Morgan fingerprint density at radius 3 is 2.68 bits per heavy atom. The first kappa shape index (κ1) is 13.9. The van der Waals surface area contributed by atoms with Crippen LogP contribution >= 0.6 is 23.4 Å². The van der Waals surface area contributed by atoms with E-state index in [2.05, 4.69) is 5.32 Å². The van der Waals surface area contributed by atoms with E-state index in [0.717, 1.165) is 11.0 Å². The molecule has 0 aliphatic carbocycles. The minimum Gasteiger partial charge on any atom is -0.321 e. The molecule has 0 unspecified atom stereocenters. The van der Waals surface area contributed by atoms with Crippen molar-refractivity contribution in [3.63, 3.8) is 0 Å². The molecule has 2 nitrogen and oxygen atoms in total. The maximum absolute atomic E-state index is 12.9. The highest BCUT2D eigenvalue weighted by Gasteiger charge is 2.12. The van der Waals surface area contributed by atoms with Crippen molar-refractivity contribution in [2.45, 2.75) is 4.90 Å². The Morgan fingerprint density at radius 1 is 1.26 bits per heavy atom. The van der Waals surface area contributed by atoms with Crippen molar-refractivity contribution in [3.05, 3.63) is 58.9 Å². The normalized spacial score (nSPS) is 10.3. The van der Waals surface area contributed by atoms with Crippen LogP contribution in [0.4, 0.5) is 10.1 Å².